The molecule has 2 rings (SSSR count). The summed E-state index contributed by atoms with van der Waals surface area (Å²) < 4.78 is 0. The Bertz CT molecular complexity index is 689. The van der Waals surface area contributed by atoms with Crippen molar-refractivity contribution in [1.82, 2.24) is 14.8 Å². The van der Waals surface area contributed by atoms with Crippen LogP contribution in [0.1, 0.15) is 24.5 Å². The fourth-order valence-electron chi connectivity index (χ4n) is 2.72. The van der Waals surface area contributed by atoms with Gasteiger partial charge in [-0.05, 0) is 42.5 Å². The number of likely N-dealkylation sites (N-methyl/N-ethyl adjacent to an activating group) is 1. The van der Waals surface area contributed by atoms with E-state index in [1.165, 1.54) is 12.5 Å². The van der Waals surface area contributed by atoms with Crippen LogP contribution in [0.2, 0.25) is 0 Å². The van der Waals surface area contributed by atoms with E-state index < -0.39 is 0 Å². The largest absolute Gasteiger partial charge is 0.344 e. The molecule has 0 unspecified atom stereocenters. The Balaban J connectivity index is 1.78. The number of amides is 2. The third-order valence-electron chi connectivity index (χ3n) is 4.42. The third kappa shape index (κ3) is 6.67. The molecule has 0 radical (unpaired) electrons. The van der Waals surface area contributed by atoms with E-state index in [9.17, 15) is 9.59 Å². The van der Waals surface area contributed by atoms with Crippen molar-refractivity contribution in [2.24, 2.45) is 0 Å². The summed E-state index contributed by atoms with van der Waals surface area (Å²) in [6.07, 6.45) is 6.02. The predicted molar refractivity (Wildman–Crippen MR) is 103 cm³/mol. The molecule has 0 bridgehead atoms. The second-order valence-corrected chi connectivity index (χ2v) is 6.45. The van der Waals surface area contributed by atoms with Crippen LogP contribution in [-0.4, -0.2) is 53.3 Å². The molecule has 5 nitrogen and oxygen atoms in total. The van der Waals surface area contributed by atoms with Gasteiger partial charge in [0.15, 0.2) is 0 Å². The van der Waals surface area contributed by atoms with Crippen LogP contribution < -0.4 is 0 Å². The summed E-state index contributed by atoms with van der Waals surface area (Å²) in [4.78, 5) is 31.6. The molecule has 0 aliphatic rings. The van der Waals surface area contributed by atoms with Crippen molar-refractivity contribution in [1.29, 1.82) is 0 Å². The molecule has 0 aliphatic carbocycles. The SMILES string of the molecule is CC(=O)N(CCCc1ccccc1)CC(=O)N(C)CCc1ccncc1. The molecule has 0 N–H and O–H groups in total. The number of pyridine rings is 1. The highest BCUT2D eigenvalue weighted by molar-refractivity contribution is 5.83. The Labute approximate surface area is 155 Å². The van der Waals surface area contributed by atoms with Gasteiger partial charge in [-0.15, -0.1) is 0 Å². The van der Waals surface area contributed by atoms with E-state index in [0.29, 0.717) is 13.1 Å². The van der Waals surface area contributed by atoms with E-state index >= 15 is 0 Å². The van der Waals surface area contributed by atoms with Crippen LogP contribution in [0.5, 0.6) is 0 Å². The quantitative estimate of drug-likeness (QED) is 0.696. The Morgan fingerprint density at radius 2 is 1.58 bits per heavy atom. The van der Waals surface area contributed by atoms with Gasteiger partial charge in [0.2, 0.25) is 11.8 Å². The van der Waals surface area contributed by atoms with Crippen LogP contribution in [0, 0.1) is 0 Å². The Kier molecular flexibility index (Phi) is 7.80. The van der Waals surface area contributed by atoms with Gasteiger partial charge in [0, 0.05) is 39.5 Å². The van der Waals surface area contributed by atoms with Gasteiger partial charge in [0.25, 0.3) is 0 Å². The molecule has 5 heteroatoms. The van der Waals surface area contributed by atoms with Gasteiger partial charge in [0.05, 0.1) is 6.54 Å². The van der Waals surface area contributed by atoms with Crippen molar-refractivity contribution in [3.05, 3.63) is 66.0 Å². The Morgan fingerprint density at radius 3 is 2.23 bits per heavy atom. The van der Waals surface area contributed by atoms with Crippen LogP contribution in [0.3, 0.4) is 0 Å². The summed E-state index contributed by atoms with van der Waals surface area (Å²) in [6.45, 7) is 2.87. The van der Waals surface area contributed by atoms with Gasteiger partial charge in [-0.1, -0.05) is 30.3 Å². The number of hydrogen-bond acceptors (Lipinski definition) is 3. The minimum absolute atomic E-state index is 0.0334. The number of rotatable bonds is 9. The number of benzene rings is 1. The molecule has 1 aromatic carbocycles. The summed E-state index contributed by atoms with van der Waals surface area (Å²) >= 11 is 0. The smallest absolute Gasteiger partial charge is 0.241 e. The standard InChI is InChI=1S/C21H27N3O2/c1-18(25)24(15-6-9-19-7-4-3-5-8-19)17-21(26)23(2)16-12-20-10-13-22-14-11-20/h3-5,7-8,10-11,13-14H,6,9,12,15-17H2,1-2H3. The highest BCUT2D eigenvalue weighted by Gasteiger charge is 2.16. The zero-order chi connectivity index (χ0) is 18.8. The van der Waals surface area contributed by atoms with Crippen molar-refractivity contribution >= 4 is 11.8 Å². The second kappa shape index (κ2) is 10.3. The molecule has 0 spiro atoms. The van der Waals surface area contributed by atoms with E-state index in [1.54, 1.807) is 29.2 Å². The predicted octanol–water partition coefficient (Wildman–Crippen LogP) is 2.56. The van der Waals surface area contributed by atoms with Crippen molar-refractivity contribution in [3.8, 4) is 0 Å². The topological polar surface area (TPSA) is 53.5 Å². The molecule has 1 aromatic heterocycles. The van der Waals surface area contributed by atoms with Gasteiger partial charge in [0.1, 0.15) is 0 Å². The molecule has 2 amide bonds. The lowest BCUT2D eigenvalue weighted by molar-refractivity contribution is -0.138. The molecule has 0 saturated heterocycles. The zero-order valence-electron chi connectivity index (χ0n) is 15.6. The van der Waals surface area contributed by atoms with Crippen LogP contribution in [0.25, 0.3) is 0 Å². The van der Waals surface area contributed by atoms with Crippen LogP contribution >= 0.6 is 0 Å². The lowest BCUT2D eigenvalue weighted by Gasteiger charge is -2.24. The molecule has 0 saturated carbocycles. The van der Waals surface area contributed by atoms with E-state index in [0.717, 1.165) is 24.8 Å². The average molecular weight is 353 g/mol. The zero-order valence-corrected chi connectivity index (χ0v) is 15.6. The van der Waals surface area contributed by atoms with Crippen molar-refractivity contribution < 1.29 is 9.59 Å². The van der Waals surface area contributed by atoms with Gasteiger partial charge in [-0.25, -0.2) is 0 Å². The van der Waals surface area contributed by atoms with Gasteiger partial charge in [-0.2, -0.15) is 0 Å². The van der Waals surface area contributed by atoms with Crippen LogP contribution in [0.4, 0.5) is 0 Å². The maximum Gasteiger partial charge on any atom is 0.241 e. The van der Waals surface area contributed by atoms with Crippen LogP contribution in [-0.2, 0) is 22.4 Å². The molecule has 2 aromatic rings. The van der Waals surface area contributed by atoms with Gasteiger partial charge in [-0.3, -0.25) is 14.6 Å². The summed E-state index contributed by atoms with van der Waals surface area (Å²) in [5.41, 5.74) is 2.39. The Morgan fingerprint density at radius 1 is 0.923 bits per heavy atom. The van der Waals surface area contributed by atoms with E-state index in [4.69, 9.17) is 0 Å². The number of carbonyl (C=O) groups excluding carboxylic acids is 2. The summed E-state index contributed by atoms with van der Waals surface area (Å²) in [5.74, 6) is -0.0945. The molecule has 26 heavy (non-hydrogen) atoms. The number of carbonyl (C=O) groups is 2. The molecular formula is C21H27N3O2. The summed E-state index contributed by atoms with van der Waals surface area (Å²) in [7, 11) is 1.78. The molecule has 0 aliphatic heterocycles. The summed E-state index contributed by atoms with van der Waals surface area (Å²) in [6, 6.07) is 14.1. The number of aryl methyl sites for hydroxylation is 1. The molecule has 0 fully saturated rings. The first-order chi connectivity index (χ1) is 12.6. The van der Waals surface area contributed by atoms with E-state index in [-0.39, 0.29) is 18.4 Å². The first-order valence-corrected chi connectivity index (χ1v) is 8.98. The number of nitrogens with zero attached hydrogens (tertiary/aromatic N) is 3. The van der Waals surface area contributed by atoms with Crippen molar-refractivity contribution in [2.75, 3.05) is 26.7 Å². The Hall–Kier alpha value is -2.69. The fourth-order valence-corrected chi connectivity index (χ4v) is 2.72. The minimum atomic E-state index is -0.0612. The fraction of sp³-hybridized carbons (Fsp3) is 0.381. The van der Waals surface area contributed by atoms with E-state index in [1.807, 2.05) is 30.3 Å². The lowest BCUT2D eigenvalue weighted by atomic mass is 10.1. The van der Waals surface area contributed by atoms with Crippen molar-refractivity contribution in [2.45, 2.75) is 26.2 Å². The first-order valence-electron chi connectivity index (χ1n) is 8.98. The first kappa shape index (κ1) is 19.6. The van der Waals surface area contributed by atoms with Gasteiger partial charge >= 0.3 is 0 Å². The van der Waals surface area contributed by atoms with Gasteiger partial charge < -0.3 is 9.80 Å². The highest BCUT2D eigenvalue weighted by Crippen LogP contribution is 2.05. The molecule has 0 atom stereocenters. The third-order valence-corrected chi connectivity index (χ3v) is 4.42. The molecule has 138 valence electrons. The monoisotopic (exact) mass is 353 g/mol. The minimum Gasteiger partial charge on any atom is -0.344 e. The maximum absolute atomic E-state index is 12.4. The van der Waals surface area contributed by atoms with Crippen LogP contribution in [0.15, 0.2) is 54.9 Å². The average Bonchev–Trinajstić information content (AvgIpc) is 2.66. The maximum atomic E-state index is 12.4. The normalized spacial score (nSPS) is 10.4. The lowest BCUT2D eigenvalue weighted by Crippen LogP contribution is -2.41. The number of hydrogen-bond donors (Lipinski definition) is 0. The van der Waals surface area contributed by atoms with Crippen molar-refractivity contribution in [3.63, 3.8) is 0 Å². The second-order valence-electron chi connectivity index (χ2n) is 6.45. The summed E-state index contributed by atoms with van der Waals surface area (Å²) in [5, 5.41) is 0. The molecule has 1 heterocycles. The van der Waals surface area contributed by atoms with E-state index in [2.05, 4.69) is 17.1 Å². The molecular weight excluding hydrogens is 326 g/mol. The number of aromatic nitrogens is 1. The highest BCUT2D eigenvalue weighted by atomic mass is 16.2.